The Morgan fingerprint density at radius 2 is 2.30 bits per heavy atom. The monoisotopic (exact) mass is 272 g/mol. The third-order valence-electron chi connectivity index (χ3n) is 4.06. The molecule has 1 aliphatic rings. The lowest BCUT2D eigenvalue weighted by atomic mass is 10.1. The van der Waals surface area contributed by atoms with Crippen LogP contribution in [0.3, 0.4) is 0 Å². The summed E-state index contributed by atoms with van der Waals surface area (Å²) in [5.41, 5.74) is 1.81. The largest absolute Gasteiger partial charge is 0.378 e. The summed E-state index contributed by atoms with van der Waals surface area (Å²) in [5, 5.41) is 1.01. The first-order valence-electron chi connectivity index (χ1n) is 7.20. The Morgan fingerprint density at radius 1 is 1.45 bits per heavy atom. The van der Waals surface area contributed by atoms with Gasteiger partial charge in [0, 0.05) is 35.2 Å². The molecule has 0 radical (unpaired) electrons. The number of para-hydroxylation sites is 1. The molecule has 1 aromatic carbocycles. The average molecular weight is 272 g/mol. The van der Waals surface area contributed by atoms with E-state index < -0.39 is 0 Å². The maximum Gasteiger partial charge on any atom is 0.178 e. The minimum absolute atomic E-state index is 0.183. The number of hydrogen-bond acceptors (Lipinski definition) is 3. The predicted molar refractivity (Wildman–Crippen MR) is 79.1 cm³/mol. The van der Waals surface area contributed by atoms with Crippen molar-refractivity contribution in [3.63, 3.8) is 0 Å². The maximum atomic E-state index is 12.5. The normalized spacial score (nSPS) is 20.4. The van der Waals surface area contributed by atoms with E-state index in [4.69, 9.17) is 4.74 Å². The van der Waals surface area contributed by atoms with Gasteiger partial charge in [0.1, 0.15) is 0 Å². The van der Waals surface area contributed by atoms with Gasteiger partial charge in [-0.1, -0.05) is 25.1 Å². The van der Waals surface area contributed by atoms with Crippen LogP contribution >= 0.6 is 0 Å². The lowest BCUT2D eigenvalue weighted by Crippen LogP contribution is -2.47. The van der Waals surface area contributed by atoms with Crippen LogP contribution in [-0.2, 0) is 4.74 Å². The summed E-state index contributed by atoms with van der Waals surface area (Å²) in [6.07, 6.45) is 2.84. The molecular weight excluding hydrogens is 252 g/mol. The molecule has 2 aromatic rings. The van der Waals surface area contributed by atoms with Crippen molar-refractivity contribution in [1.82, 2.24) is 9.88 Å². The van der Waals surface area contributed by atoms with Gasteiger partial charge in [0.25, 0.3) is 0 Å². The molecule has 0 saturated carbocycles. The summed E-state index contributed by atoms with van der Waals surface area (Å²) in [6.45, 7) is 4.91. The van der Waals surface area contributed by atoms with Crippen LogP contribution in [0.1, 0.15) is 23.7 Å². The number of benzene rings is 1. The van der Waals surface area contributed by atoms with Crippen LogP contribution in [0.4, 0.5) is 0 Å². The molecule has 1 atom stereocenters. The second-order valence-electron chi connectivity index (χ2n) is 5.28. The number of nitrogens with one attached hydrogen (secondary N) is 1. The highest BCUT2D eigenvalue weighted by Crippen LogP contribution is 2.19. The Labute approximate surface area is 118 Å². The Morgan fingerprint density at radius 3 is 3.15 bits per heavy atom. The summed E-state index contributed by atoms with van der Waals surface area (Å²) in [4.78, 5) is 18.0. The zero-order chi connectivity index (χ0) is 13.9. The van der Waals surface area contributed by atoms with Gasteiger partial charge >= 0.3 is 0 Å². The second kappa shape index (κ2) is 5.77. The van der Waals surface area contributed by atoms with Gasteiger partial charge in [-0.2, -0.15) is 0 Å². The van der Waals surface area contributed by atoms with Crippen LogP contribution in [0.25, 0.3) is 10.9 Å². The van der Waals surface area contributed by atoms with Crippen molar-refractivity contribution in [3.8, 4) is 0 Å². The quantitative estimate of drug-likeness (QED) is 0.870. The van der Waals surface area contributed by atoms with Crippen LogP contribution in [0.5, 0.6) is 0 Å². The van der Waals surface area contributed by atoms with Crippen molar-refractivity contribution in [3.05, 3.63) is 36.0 Å². The standard InChI is InChI=1S/C16H20N2O2/c1-2-12-11-20-8-7-18(12)10-16(19)14-9-17-15-6-4-3-5-13(14)15/h3-6,9,12,17H,2,7-8,10-11H2,1H3. The fourth-order valence-electron chi connectivity index (χ4n) is 2.85. The van der Waals surface area contributed by atoms with Gasteiger partial charge in [0.15, 0.2) is 5.78 Å². The smallest absolute Gasteiger partial charge is 0.178 e. The fraction of sp³-hybridized carbons (Fsp3) is 0.438. The number of Topliss-reactive ketones (excluding diaryl/α,β-unsaturated/α-hetero) is 1. The molecular formula is C16H20N2O2. The predicted octanol–water partition coefficient (Wildman–Crippen LogP) is 2.46. The molecule has 1 aliphatic heterocycles. The molecule has 2 heterocycles. The SMILES string of the molecule is CCC1COCCN1CC(=O)c1c[nH]c2ccccc12. The number of morpholine rings is 1. The molecule has 0 aliphatic carbocycles. The summed E-state index contributed by atoms with van der Waals surface area (Å²) in [5.74, 6) is 0.183. The number of rotatable bonds is 4. The Kier molecular flexibility index (Phi) is 3.85. The van der Waals surface area contributed by atoms with Gasteiger partial charge in [-0.25, -0.2) is 0 Å². The molecule has 1 saturated heterocycles. The second-order valence-corrected chi connectivity index (χ2v) is 5.28. The van der Waals surface area contributed by atoms with E-state index in [-0.39, 0.29) is 5.78 Å². The molecule has 20 heavy (non-hydrogen) atoms. The van der Waals surface area contributed by atoms with Gasteiger partial charge in [-0.3, -0.25) is 9.69 Å². The Hall–Kier alpha value is -1.65. The molecule has 0 bridgehead atoms. The van der Waals surface area contributed by atoms with E-state index in [1.165, 1.54) is 0 Å². The van der Waals surface area contributed by atoms with Crippen LogP contribution in [-0.4, -0.2) is 48.0 Å². The van der Waals surface area contributed by atoms with E-state index in [2.05, 4.69) is 16.8 Å². The molecule has 4 nitrogen and oxygen atoms in total. The highest BCUT2D eigenvalue weighted by molar-refractivity contribution is 6.08. The number of hydrogen-bond donors (Lipinski definition) is 1. The van der Waals surface area contributed by atoms with Crippen molar-refractivity contribution in [1.29, 1.82) is 0 Å². The molecule has 3 rings (SSSR count). The molecule has 1 N–H and O–H groups in total. The van der Waals surface area contributed by atoms with Crippen LogP contribution in [0, 0.1) is 0 Å². The van der Waals surface area contributed by atoms with Crippen molar-refractivity contribution >= 4 is 16.7 Å². The van der Waals surface area contributed by atoms with Crippen molar-refractivity contribution in [2.45, 2.75) is 19.4 Å². The molecule has 4 heteroatoms. The molecule has 1 unspecified atom stereocenters. The van der Waals surface area contributed by atoms with E-state index in [1.807, 2.05) is 30.5 Å². The zero-order valence-electron chi connectivity index (χ0n) is 11.8. The number of fused-ring (bicyclic) bond motifs is 1. The van der Waals surface area contributed by atoms with Crippen LogP contribution < -0.4 is 0 Å². The number of aromatic nitrogens is 1. The third kappa shape index (κ3) is 2.49. The number of ether oxygens (including phenoxy) is 1. The summed E-state index contributed by atoms with van der Waals surface area (Å²) < 4.78 is 5.49. The number of nitrogens with zero attached hydrogens (tertiary/aromatic N) is 1. The third-order valence-corrected chi connectivity index (χ3v) is 4.06. The molecule has 0 spiro atoms. The molecule has 1 fully saturated rings. The summed E-state index contributed by atoms with van der Waals surface area (Å²) >= 11 is 0. The highest BCUT2D eigenvalue weighted by atomic mass is 16.5. The van der Waals surface area contributed by atoms with E-state index in [1.54, 1.807) is 0 Å². The van der Waals surface area contributed by atoms with Gasteiger partial charge in [-0.05, 0) is 12.5 Å². The Balaban J connectivity index is 1.78. The van der Waals surface area contributed by atoms with Crippen molar-refractivity contribution < 1.29 is 9.53 Å². The first kappa shape index (κ1) is 13.3. The molecule has 1 aromatic heterocycles. The van der Waals surface area contributed by atoms with Gasteiger partial charge in [0.2, 0.25) is 0 Å². The van der Waals surface area contributed by atoms with Crippen molar-refractivity contribution in [2.75, 3.05) is 26.3 Å². The van der Waals surface area contributed by atoms with E-state index >= 15 is 0 Å². The van der Waals surface area contributed by atoms with Crippen LogP contribution in [0.2, 0.25) is 0 Å². The number of carbonyl (C=O) groups excluding carboxylic acids is 1. The number of H-pyrrole nitrogens is 1. The zero-order valence-corrected chi connectivity index (χ0v) is 11.8. The minimum Gasteiger partial charge on any atom is -0.378 e. The van der Waals surface area contributed by atoms with Gasteiger partial charge in [0.05, 0.1) is 19.8 Å². The van der Waals surface area contributed by atoms with E-state index in [9.17, 15) is 4.79 Å². The first-order chi connectivity index (χ1) is 9.79. The first-order valence-corrected chi connectivity index (χ1v) is 7.20. The van der Waals surface area contributed by atoms with E-state index in [0.717, 1.165) is 42.6 Å². The fourth-order valence-corrected chi connectivity index (χ4v) is 2.85. The molecule has 106 valence electrons. The van der Waals surface area contributed by atoms with Gasteiger partial charge in [-0.15, -0.1) is 0 Å². The van der Waals surface area contributed by atoms with Gasteiger partial charge < -0.3 is 9.72 Å². The minimum atomic E-state index is 0.183. The lowest BCUT2D eigenvalue weighted by Gasteiger charge is -2.34. The maximum absolute atomic E-state index is 12.5. The lowest BCUT2D eigenvalue weighted by molar-refractivity contribution is -0.00583. The topological polar surface area (TPSA) is 45.3 Å². The Bertz CT molecular complexity index is 605. The summed E-state index contributed by atoms with van der Waals surface area (Å²) in [6, 6.07) is 8.29. The average Bonchev–Trinajstić information content (AvgIpc) is 2.92. The number of carbonyl (C=O) groups is 1. The summed E-state index contributed by atoms with van der Waals surface area (Å²) in [7, 11) is 0. The highest BCUT2D eigenvalue weighted by Gasteiger charge is 2.24. The molecule has 0 amide bonds. The van der Waals surface area contributed by atoms with Crippen molar-refractivity contribution in [2.24, 2.45) is 0 Å². The van der Waals surface area contributed by atoms with Crippen LogP contribution in [0.15, 0.2) is 30.5 Å². The van der Waals surface area contributed by atoms with E-state index in [0.29, 0.717) is 12.6 Å². The number of aromatic amines is 1. The number of ketones is 1.